The minimum atomic E-state index is -1.06. The molecule has 3 amide bonds. The molecule has 31 heavy (non-hydrogen) atoms. The third-order valence-electron chi connectivity index (χ3n) is 6.28. The number of carbonyl (C=O) groups is 4. The lowest BCUT2D eigenvalue weighted by Gasteiger charge is -2.33. The third kappa shape index (κ3) is 3.95. The Bertz CT molecular complexity index is 1040. The normalized spacial score (nSPS) is 20.5. The Kier molecular flexibility index (Phi) is 5.59. The molecule has 2 aromatic rings. The van der Waals surface area contributed by atoms with Crippen molar-refractivity contribution in [1.82, 2.24) is 4.90 Å². The first-order valence-electron chi connectivity index (χ1n) is 10.5. The van der Waals surface area contributed by atoms with Gasteiger partial charge in [0.1, 0.15) is 0 Å². The maximum absolute atomic E-state index is 13.1. The van der Waals surface area contributed by atoms with Crippen LogP contribution in [-0.4, -0.2) is 40.2 Å². The number of aryl methyl sites for hydroxylation is 1. The summed E-state index contributed by atoms with van der Waals surface area (Å²) < 4.78 is 0. The highest BCUT2D eigenvalue weighted by Gasteiger charge is 2.40. The van der Waals surface area contributed by atoms with Gasteiger partial charge < -0.3 is 10.4 Å². The zero-order chi connectivity index (χ0) is 22.1. The first-order chi connectivity index (χ1) is 14.9. The summed E-state index contributed by atoms with van der Waals surface area (Å²) in [5, 5.41) is 12.1. The molecule has 2 aromatic carbocycles. The first-order valence-corrected chi connectivity index (χ1v) is 10.5. The molecule has 0 aromatic heterocycles. The van der Waals surface area contributed by atoms with Gasteiger partial charge in [-0.1, -0.05) is 31.0 Å². The number of carboxylic acids is 1. The van der Waals surface area contributed by atoms with E-state index in [1.807, 2.05) is 0 Å². The average Bonchev–Trinajstić information content (AvgIpc) is 3.00. The van der Waals surface area contributed by atoms with Crippen molar-refractivity contribution in [2.75, 3.05) is 11.9 Å². The van der Waals surface area contributed by atoms with Crippen LogP contribution in [0.3, 0.4) is 0 Å². The second kappa shape index (κ2) is 8.34. The fourth-order valence-corrected chi connectivity index (χ4v) is 4.53. The van der Waals surface area contributed by atoms with Crippen LogP contribution in [0.4, 0.5) is 5.69 Å². The predicted octanol–water partition coefficient (Wildman–Crippen LogP) is 3.73. The van der Waals surface area contributed by atoms with Gasteiger partial charge in [0.15, 0.2) is 0 Å². The lowest BCUT2D eigenvalue weighted by Crippen LogP contribution is -2.41. The molecule has 0 radical (unpaired) electrons. The van der Waals surface area contributed by atoms with Crippen molar-refractivity contribution in [3.05, 3.63) is 64.7 Å². The smallest absolute Gasteiger partial charge is 0.335 e. The number of carboxylic acid groups (broad SMARTS) is 1. The van der Waals surface area contributed by atoms with Gasteiger partial charge in [0, 0.05) is 18.2 Å². The molecule has 2 atom stereocenters. The zero-order valence-electron chi connectivity index (χ0n) is 17.3. The maximum Gasteiger partial charge on any atom is 0.335 e. The third-order valence-corrected chi connectivity index (χ3v) is 6.28. The van der Waals surface area contributed by atoms with Crippen LogP contribution in [0.2, 0.25) is 0 Å². The monoisotopic (exact) mass is 420 g/mol. The van der Waals surface area contributed by atoms with Crippen LogP contribution >= 0.6 is 0 Å². The molecule has 4 rings (SSSR count). The van der Waals surface area contributed by atoms with E-state index < -0.39 is 5.97 Å². The molecular formula is C24H24N2O5. The molecule has 1 aliphatic heterocycles. The summed E-state index contributed by atoms with van der Waals surface area (Å²) in [7, 11) is 0. The molecule has 7 heteroatoms. The number of hydrogen-bond acceptors (Lipinski definition) is 4. The first kappa shape index (κ1) is 20.8. The molecule has 0 bridgehead atoms. The minimum Gasteiger partial charge on any atom is -0.478 e. The minimum absolute atomic E-state index is 0.104. The Morgan fingerprint density at radius 2 is 1.68 bits per heavy atom. The zero-order valence-corrected chi connectivity index (χ0v) is 17.3. The van der Waals surface area contributed by atoms with Gasteiger partial charge in [0.25, 0.3) is 11.8 Å². The highest BCUT2D eigenvalue weighted by molar-refractivity contribution is 6.21. The van der Waals surface area contributed by atoms with E-state index in [1.165, 1.54) is 17.0 Å². The van der Waals surface area contributed by atoms with Gasteiger partial charge in [-0.25, -0.2) is 4.79 Å². The topological polar surface area (TPSA) is 104 Å². The van der Waals surface area contributed by atoms with E-state index in [2.05, 4.69) is 5.32 Å². The number of fused-ring (bicyclic) bond motifs is 1. The van der Waals surface area contributed by atoms with Crippen molar-refractivity contribution in [2.45, 2.75) is 32.6 Å². The van der Waals surface area contributed by atoms with Crippen LogP contribution in [0, 0.1) is 18.8 Å². The van der Waals surface area contributed by atoms with Crippen LogP contribution in [0.5, 0.6) is 0 Å². The van der Waals surface area contributed by atoms with Crippen LogP contribution in [0.15, 0.2) is 42.5 Å². The molecule has 0 saturated heterocycles. The number of aromatic carboxylic acids is 1. The Balaban J connectivity index is 1.51. The number of rotatable bonds is 5. The number of hydrogen-bond donors (Lipinski definition) is 2. The molecule has 2 unspecified atom stereocenters. The van der Waals surface area contributed by atoms with Gasteiger partial charge in [-0.05, 0) is 55.5 Å². The van der Waals surface area contributed by atoms with Crippen molar-refractivity contribution in [3.8, 4) is 0 Å². The van der Waals surface area contributed by atoms with E-state index in [1.54, 1.807) is 37.3 Å². The molecule has 2 N–H and O–H groups in total. The molecule has 1 aliphatic carbocycles. The summed E-state index contributed by atoms with van der Waals surface area (Å²) in [4.78, 5) is 51.1. The summed E-state index contributed by atoms with van der Waals surface area (Å²) in [6, 6.07) is 11.4. The predicted molar refractivity (Wildman–Crippen MR) is 114 cm³/mol. The number of nitrogens with one attached hydrogen (secondary N) is 1. The number of anilines is 1. The van der Waals surface area contributed by atoms with E-state index >= 15 is 0 Å². The Hall–Kier alpha value is -3.48. The van der Waals surface area contributed by atoms with Crippen molar-refractivity contribution in [2.24, 2.45) is 11.8 Å². The second-order valence-corrected chi connectivity index (χ2v) is 8.24. The Labute approximate surface area is 180 Å². The van der Waals surface area contributed by atoms with Gasteiger partial charge in [0.2, 0.25) is 5.91 Å². The van der Waals surface area contributed by atoms with Gasteiger partial charge in [-0.15, -0.1) is 0 Å². The summed E-state index contributed by atoms with van der Waals surface area (Å²) in [5.74, 6) is -2.38. The molecule has 1 fully saturated rings. The number of carbonyl (C=O) groups excluding carboxylic acids is 3. The maximum atomic E-state index is 13.1. The number of benzene rings is 2. The van der Waals surface area contributed by atoms with Gasteiger partial charge >= 0.3 is 5.97 Å². The van der Waals surface area contributed by atoms with Crippen LogP contribution in [0.25, 0.3) is 0 Å². The van der Waals surface area contributed by atoms with Crippen LogP contribution in [0.1, 0.15) is 62.3 Å². The van der Waals surface area contributed by atoms with Crippen molar-refractivity contribution in [1.29, 1.82) is 0 Å². The lowest BCUT2D eigenvalue weighted by molar-refractivity contribution is -0.122. The van der Waals surface area contributed by atoms with E-state index in [9.17, 15) is 24.3 Å². The molecule has 1 heterocycles. The van der Waals surface area contributed by atoms with E-state index in [-0.39, 0.29) is 41.7 Å². The highest BCUT2D eigenvalue weighted by Crippen LogP contribution is 2.34. The summed E-state index contributed by atoms with van der Waals surface area (Å²) in [6.45, 7) is 2.01. The Morgan fingerprint density at radius 3 is 2.32 bits per heavy atom. The average molecular weight is 420 g/mol. The van der Waals surface area contributed by atoms with Crippen LogP contribution < -0.4 is 5.32 Å². The van der Waals surface area contributed by atoms with Crippen molar-refractivity contribution in [3.63, 3.8) is 0 Å². The molecule has 0 spiro atoms. The van der Waals surface area contributed by atoms with Gasteiger partial charge in [-0.2, -0.15) is 0 Å². The molecule has 160 valence electrons. The second-order valence-electron chi connectivity index (χ2n) is 8.24. The van der Waals surface area contributed by atoms with Crippen LogP contribution in [-0.2, 0) is 4.79 Å². The van der Waals surface area contributed by atoms with Crippen molar-refractivity contribution >= 4 is 29.4 Å². The fourth-order valence-electron chi connectivity index (χ4n) is 4.53. The summed E-state index contributed by atoms with van der Waals surface area (Å²) >= 11 is 0. The molecule has 2 aliphatic rings. The largest absolute Gasteiger partial charge is 0.478 e. The summed E-state index contributed by atoms with van der Waals surface area (Å²) in [5.41, 5.74) is 2.16. The van der Waals surface area contributed by atoms with E-state index in [0.29, 0.717) is 23.2 Å². The summed E-state index contributed by atoms with van der Waals surface area (Å²) in [6.07, 6.45) is 3.24. The van der Waals surface area contributed by atoms with Gasteiger partial charge in [0.05, 0.1) is 16.7 Å². The fraction of sp³-hybridized carbons (Fsp3) is 0.333. The Morgan fingerprint density at radius 1 is 1.03 bits per heavy atom. The highest BCUT2D eigenvalue weighted by atomic mass is 16.4. The molecule has 1 saturated carbocycles. The van der Waals surface area contributed by atoms with E-state index in [0.717, 1.165) is 24.8 Å². The standard InChI is InChI=1S/C24H24N2O5/c1-14-10-11-15(24(30)31)12-20(14)25-21(27)17-7-3-2-6-16(17)13-26-22(28)18-8-4-5-9-19(18)23(26)29/h4-5,8-12,16-17H,2-3,6-7,13H2,1H3,(H,25,27)(H,30,31). The quantitative estimate of drug-likeness (QED) is 0.717. The number of nitrogens with zero attached hydrogens (tertiary/aromatic N) is 1. The van der Waals surface area contributed by atoms with Crippen molar-refractivity contribution < 1.29 is 24.3 Å². The molecular weight excluding hydrogens is 396 g/mol. The number of imide groups is 1. The van der Waals surface area contributed by atoms with E-state index in [4.69, 9.17) is 0 Å². The lowest BCUT2D eigenvalue weighted by atomic mass is 9.78. The SMILES string of the molecule is Cc1ccc(C(=O)O)cc1NC(=O)C1CCCCC1CN1C(=O)c2ccccc2C1=O. The van der Waals surface area contributed by atoms with Gasteiger partial charge in [-0.3, -0.25) is 19.3 Å². The number of amides is 3. The molecule has 7 nitrogen and oxygen atoms in total.